The standard InChI is InChI=1S/C5H6NS.Rb/c1-2-5-3-6-4-7-5;/h3H,2H2,1H3;/q-1;+1. The van der Waals surface area contributed by atoms with E-state index < -0.39 is 0 Å². The van der Waals surface area contributed by atoms with Crippen LogP contribution >= 0.6 is 11.3 Å². The Labute approximate surface area is 102 Å². The molecule has 0 spiro atoms. The van der Waals surface area contributed by atoms with E-state index >= 15 is 0 Å². The maximum Gasteiger partial charge on any atom is 1.00 e. The van der Waals surface area contributed by atoms with E-state index in [0.717, 1.165) is 6.42 Å². The van der Waals surface area contributed by atoms with Gasteiger partial charge in [-0.3, -0.25) is 11.3 Å². The largest absolute Gasteiger partial charge is 1.00 e. The third-order valence-electron chi connectivity index (χ3n) is 0.786. The number of nitrogens with zero attached hydrogens (tertiary/aromatic N) is 1. The molecule has 0 aliphatic carbocycles. The average molecular weight is 198 g/mol. The molecule has 3 heteroatoms. The van der Waals surface area contributed by atoms with Gasteiger partial charge in [0.1, 0.15) is 0 Å². The first-order valence-corrected chi connectivity index (χ1v) is 3.06. The second-order valence-electron chi connectivity index (χ2n) is 1.27. The zero-order valence-corrected chi connectivity index (χ0v) is 10.9. The molecule has 0 unspecified atom stereocenters. The molecule has 1 rings (SSSR count). The van der Waals surface area contributed by atoms with Gasteiger partial charge in [-0.1, -0.05) is 13.3 Å². The fourth-order valence-corrected chi connectivity index (χ4v) is 0.846. The van der Waals surface area contributed by atoms with Gasteiger partial charge in [0.25, 0.3) is 0 Å². The van der Waals surface area contributed by atoms with Crippen LogP contribution in [-0.2, 0) is 6.42 Å². The summed E-state index contributed by atoms with van der Waals surface area (Å²) in [6.07, 6.45) is 2.94. The van der Waals surface area contributed by atoms with E-state index in [4.69, 9.17) is 0 Å². The molecule has 0 aliphatic heterocycles. The van der Waals surface area contributed by atoms with Crippen LogP contribution in [0.5, 0.6) is 0 Å². The monoisotopic (exact) mass is 197 g/mol. The third kappa shape index (κ3) is 2.83. The van der Waals surface area contributed by atoms with Crippen molar-refractivity contribution in [2.75, 3.05) is 0 Å². The van der Waals surface area contributed by atoms with Crippen LogP contribution in [-0.4, -0.2) is 4.98 Å². The second-order valence-corrected chi connectivity index (χ2v) is 2.18. The van der Waals surface area contributed by atoms with Crippen LogP contribution < -0.4 is 58.2 Å². The maximum absolute atomic E-state index is 3.79. The summed E-state index contributed by atoms with van der Waals surface area (Å²) in [6.45, 7) is 2.11. The third-order valence-corrected chi connectivity index (χ3v) is 1.64. The first kappa shape index (κ1) is 9.44. The fourth-order valence-electron chi connectivity index (χ4n) is 0.373. The Morgan fingerprint density at radius 1 is 1.88 bits per heavy atom. The minimum atomic E-state index is 0. The summed E-state index contributed by atoms with van der Waals surface area (Å²) in [5, 5.41) is 0. The van der Waals surface area contributed by atoms with Crippen molar-refractivity contribution >= 4 is 11.3 Å². The quantitative estimate of drug-likeness (QED) is 0.500. The van der Waals surface area contributed by atoms with E-state index in [1.165, 1.54) is 4.88 Å². The van der Waals surface area contributed by atoms with E-state index in [1.807, 2.05) is 6.20 Å². The van der Waals surface area contributed by atoms with Gasteiger partial charge in [0, 0.05) is 0 Å². The molecule has 8 heavy (non-hydrogen) atoms. The first-order chi connectivity index (χ1) is 3.43. The first-order valence-electron chi connectivity index (χ1n) is 2.24. The summed E-state index contributed by atoms with van der Waals surface area (Å²) in [6, 6.07) is 0. The van der Waals surface area contributed by atoms with Gasteiger partial charge in [-0.2, -0.15) is 0 Å². The Bertz CT molecular complexity index is 127. The average Bonchev–Trinajstić information content (AvgIpc) is 2.14. The molecule has 1 aromatic heterocycles. The Morgan fingerprint density at radius 3 is 2.88 bits per heavy atom. The van der Waals surface area contributed by atoms with Crippen LogP contribution in [0.15, 0.2) is 6.20 Å². The molecule has 0 fully saturated rings. The molecule has 1 heterocycles. The molecule has 0 bridgehead atoms. The second kappa shape index (κ2) is 5.24. The van der Waals surface area contributed by atoms with Crippen LogP contribution in [0.25, 0.3) is 0 Å². The fraction of sp³-hybridized carbons (Fsp3) is 0.400. The molecule has 1 aromatic rings. The van der Waals surface area contributed by atoms with Gasteiger partial charge in [0.2, 0.25) is 0 Å². The van der Waals surface area contributed by atoms with Gasteiger partial charge >= 0.3 is 58.2 Å². The van der Waals surface area contributed by atoms with Gasteiger partial charge in [-0.15, -0.1) is 11.1 Å². The Kier molecular flexibility index (Phi) is 6.18. The molecule has 0 atom stereocenters. The normalized spacial score (nSPS) is 8.12. The molecule has 0 saturated carbocycles. The van der Waals surface area contributed by atoms with E-state index in [1.54, 1.807) is 11.3 Å². The van der Waals surface area contributed by atoms with Gasteiger partial charge in [0.05, 0.1) is 0 Å². The van der Waals surface area contributed by atoms with Crippen LogP contribution in [0.1, 0.15) is 11.8 Å². The molecule has 0 aromatic carbocycles. The SMILES string of the molecule is CCc1cn[c-]s1.[Rb+]. The number of aryl methyl sites for hydroxylation is 1. The van der Waals surface area contributed by atoms with Crippen molar-refractivity contribution in [3.8, 4) is 0 Å². The Morgan fingerprint density at radius 2 is 2.62 bits per heavy atom. The van der Waals surface area contributed by atoms with Crippen molar-refractivity contribution in [2.24, 2.45) is 0 Å². The van der Waals surface area contributed by atoms with Crippen LogP contribution in [0.4, 0.5) is 0 Å². The van der Waals surface area contributed by atoms with E-state index in [-0.39, 0.29) is 58.2 Å². The molecular weight excluding hydrogens is 192 g/mol. The molecule has 1 nitrogen and oxygen atoms in total. The van der Waals surface area contributed by atoms with Crippen LogP contribution in [0.2, 0.25) is 0 Å². The van der Waals surface area contributed by atoms with Crippen molar-refractivity contribution in [1.82, 2.24) is 4.98 Å². The Hall–Kier alpha value is 1.44. The minimum absolute atomic E-state index is 0. The number of rotatable bonds is 1. The smallest absolute Gasteiger partial charge is 0.394 e. The zero-order valence-electron chi connectivity index (χ0n) is 5.14. The Balaban J connectivity index is 0.000000490. The predicted molar refractivity (Wildman–Crippen MR) is 30.3 cm³/mol. The predicted octanol–water partition coefficient (Wildman–Crippen LogP) is -1.49. The molecule has 0 N–H and O–H groups in total. The van der Waals surface area contributed by atoms with Gasteiger partial charge < -0.3 is 4.98 Å². The molecule has 0 saturated heterocycles. The summed E-state index contributed by atoms with van der Waals surface area (Å²) < 4.78 is 0. The van der Waals surface area contributed by atoms with E-state index in [2.05, 4.69) is 17.4 Å². The van der Waals surface area contributed by atoms with Crippen LogP contribution in [0.3, 0.4) is 0 Å². The van der Waals surface area contributed by atoms with Crippen molar-refractivity contribution in [1.29, 1.82) is 0 Å². The maximum atomic E-state index is 3.79. The van der Waals surface area contributed by atoms with Crippen molar-refractivity contribution < 1.29 is 58.2 Å². The van der Waals surface area contributed by atoms with Crippen molar-refractivity contribution in [2.45, 2.75) is 13.3 Å². The summed E-state index contributed by atoms with van der Waals surface area (Å²) in [7, 11) is 0. The van der Waals surface area contributed by atoms with Crippen molar-refractivity contribution in [3.63, 3.8) is 0 Å². The van der Waals surface area contributed by atoms with E-state index in [9.17, 15) is 0 Å². The molecule has 0 aliphatic rings. The minimum Gasteiger partial charge on any atom is -0.394 e. The van der Waals surface area contributed by atoms with E-state index in [0.29, 0.717) is 0 Å². The van der Waals surface area contributed by atoms with Gasteiger partial charge in [-0.05, 0) is 5.51 Å². The zero-order chi connectivity index (χ0) is 5.11. The number of thiazole rings is 1. The summed E-state index contributed by atoms with van der Waals surface area (Å²) in [5.41, 5.74) is 2.77. The molecule has 0 radical (unpaired) electrons. The summed E-state index contributed by atoms with van der Waals surface area (Å²) in [5.74, 6) is 0. The molecule has 38 valence electrons. The summed E-state index contributed by atoms with van der Waals surface area (Å²) in [4.78, 5) is 5.09. The van der Waals surface area contributed by atoms with Crippen LogP contribution in [0, 0.1) is 5.51 Å². The van der Waals surface area contributed by atoms with Gasteiger partial charge in [-0.25, -0.2) is 0 Å². The molecule has 0 amide bonds. The molecular formula is C5H6NRbS. The number of aromatic nitrogens is 1. The topological polar surface area (TPSA) is 12.9 Å². The number of hydrogen-bond donors (Lipinski definition) is 0. The number of hydrogen-bond acceptors (Lipinski definition) is 2. The van der Waals surface area contributed by atoms with Gasteiger partial charge in [0.15, 0.2) is 0 Å². The summed E-state index contributed by atoms with van der Waals surface area (Å²) >= 11 is 1.59. The van der Waals surface area contributed by atoms with Crippen molar-refractivity contribution in [3.05, 3.63) is 16.6 Å².